The van der Waals surface area contributed by atoms with E-state index in [1.54, 1.807) is 0 Å². The molecule has 2 aliphatic heterocycles. The van der Waals surface area contributed by atoms with Crippen molar-refractivity contribution in [3.8, 4) is 0 Å². The summed E-state index contributed by atoms with van der Waals surface area (Å²) in [6, 6.07) is 29.7. The molecule has 0 radical (unpaired) electrons. The van der Waals surface area contributed by atoms with Crippen LogP contribution in [-0.2, 0) is 9.47 Å². The van der Waals surface area contributed by atoms with E-state index in [2.05, 4.69) is 83.4 Å². The van der Waals surface area contributed by atoms with E-state index in [0.29, 0.717) is 13.2 Å². The van der Waals surface area contributed by atoms with Crippen molar-refractivity contribution in [2.45, 2.75) is 24.5 Å². The Hall–Kier alpha value is -2.50. The summed E-state index contributed by atoms with van der Waals surface area (Å²) in [5, 5.41) is 7.25. The molecule has 4 unspecified atom stereocenters. The van der Waals surface area contributed by atoms with Crippen LogP contribution in [0.15, 0.2) is 84.9 Å². The Morgan fingerprint density at radius 1 is 0.536 bits per heavy atom. The first kappa shape index (κ1) is 17.6. The van der Waals surface area contributed by atoms with Gasteiger partial charge in [-0.1, -0.05) is 84.9 Å². The topological polar surface area (TPSA) is 42.5 Å². The van der Waals surface area contributed by atoms with E-state index in [1.807, 2.05) is 12.1 Å². The molecule has 2 aliphatic rings. The minimum absolute atomic E-state index is 0.136. The fraction of sp³-hybridized carbons (Fsp3) is 0.250. The van der Waals surface area contributed by atoms with E-state index in [-0.39, 0.29) is 24.5 Å². The first-order chi connectivity index (χ1) is 13.9. The van der Waals surface area contributed by atoms with Crippen molar-refractivity contribution in [3.63, 3.8) is 0 Å². The summed E-state index contributed by atoms with van der Waals surface area (Å²) in [5.41, 5.74) is 4.77. The van der Waals surface area contributed by atoms with Gasteiger partial charge >= 0.3 is 0 Å². The van der Waals surface area contributed by atoms with E-state index in [9.17, 15) is 0 Å². The molecular formula is C24H24N2O2. The van der Waals surface area contributed by atoms with E-state index in [0.717, 1.165) is 11.1 Å². The summed E-state index contributed by atoms with van der Waals surface area (Å²) >= 11 is 0. The second-order valence-electron chi connectivity index (χ2n) is 7.32. The van der Waals surface area contributed by atoms with Gasteiger partial charge in [0.2, 0.25) is 0 Å². The SMILES string of the molecule is c1ccc(C2COC(c3ccccc3C3NC(c4ccccc4)CO3)N2)cc1. The predicted molar refractivity (Wildman–Crippen MR) is 108 cm³/mol. The zero-order chi connectivity index (χ0) is 18.8. The lowest BCUT2D eigenvalue weighted by atomic mass is 10.0. The molecule has 0 aliphatic carbocycles. The van der Waals surface area contributed by atoms with Crippen LogP contribution < -0.4 is 10.6 Å². The van der Waals surface area contributed by atoms with Crippen LogP contribution in [0.3, 0.4) is 0 Å². The Kier molecular flexibility index (Phi) is 4.93. The zero-order valence-corrected chi connectivity index (χ0v) is 15.6. The lowest BCUT2D eigenvalue weighted by Crippen LogP contribution is -2.23. The Morgan fingerprint density at radius 3 is 1.36 bits per heavy atom. The molecule has 2 saturated heterocycles. The van der Waals surface area contributed by atoms with Crippen LogP contribution in [0, 0.1) is 0 Å². The summed E-state index contributed by atoms with van der Waals surface area (Å²) in [4.78, 5) is 0. The van der Waals surface area contributed by atoms with Crippen LogP contribution >= 0.6 is 0 Å². The molecule has 3 aromatic rings. The van der Waals surface area contributed by atoms with Crippen LogP contribution in [0.1, 0.15) is 46.8 Å². The average Bonchev–Trinajstić information content (AvgIpc) is 3.45. The summed E-state index contributed by atoms with van der Waals surface area (Å²) < 4.78 is 12.2. The fourth-order valence-electron chi connectivity index (χ4n) is 4.05. The highest BCUT2D eigenvalue weighted by molar-refractivity contribution is 5.33. The quantitative estimate of drug-likeness (QED) is 0.712. The number of benzene rings is 3. The van der Waals surface area contributed by atoms with Gasteiger partial charge in [0.15, 0.2) is 0 Å². The van der Waals surface area contributed by atoms with Gasteiger partial charge in [0, 0.05) is 11.1 Å². The minimum Gasteiger partial charge on any atom is -0.357 e. The van der Waals surface area contributed by atoms with Crippen molar-refractivity contribution >= 4 is 0 Å². The van der Waals surface area contributed by atoms with E-state index in [1.165, 1.54) is 11.1 Å². The lowest BCUT2D eigenvalue weighted by Gasteiger charge is -2.20. The molecule has 3 aromatic carbocycles. The number of ether oxygens (including phenoxy) is 2. The first-order valence-corrected chi connectivity index (χ1v) is 9.82. The molecule has 2 fully saturated rings. The first-order valence-electron chi connectivity index (χ1n) is 9.82. The molecule has 28 heavy (non-hydrogen) atoms. The van der Waals surface area contributed by atoms with Crippen molar-refractivity contribution in [1.82, 2.24) is 10.6 Å². The van der Waals surface area contributed by atoms with E-state index in [4.69, 9.17) is 9.47 Å². The van der Waals surface area contributed by atoms with Crippen LogP contribution in [0.4, 0.5) is 0 Å². The van der Waals surface area contributed by atoms with Crippen molar-refractivity contribution < 1.29 is 9.47 Å². The molecule has 0 spiro atoms. The Bertz CT molecular complexity index is 840. The van der Waals surface area contributed by atoms with Crippen LogP contribution in [0.25, 0.3) is 0 Å². The third-order valence-electron chi connectivity index (χ3n) is 5.53. The molecule has 4 heteroatoms. The number of hydrogen-bond acceptors (Lipinski definition) is 4. The smallest absolute Gasteiger partial charge is 0.135 e. The predicted octanol–water partition coefficient (Wildman–Crippen LogP) is 4.41. The van der Waals surface area contributed by atoms with Crippen molar-refractivity contribution in [2.24, 2.45) is 0 Å². The number of hydrogen-bond donors (Lipinski definition) is 2. The normalized spacial score (nSPS) is 27.1. The van der Waals surface area contributed by atoms with Crippen molar-refractivity contribution in [3.05, 3.63) is 107 Å². The number of nitrogens with one attached hydrogen (secondary N) is 2. The van der Waals surface area contributed by atoms with Gasteiger partial charge in [-0.2, -0.15) is 0 Å². The molecule has 0 aromatic heterocycles. The summed E-state index contributed by atoms with van der Waals surface area (Å²) in [6.45, 7) is 1.32. The second kappa shape index (κ2) is 7.86. The molecule has 0 bridgehead atoms. The monoisotopic (exact) mass is 372 g/mol. The van der Waals surface area contributed by atoms with E-state index < -0.39 is 0 Å². The maximum atomic E-state index is 6.12. The van der Waals surface area contributed by atoms with Crippen molar-refractivity contribution in [1.29, 1.82) is 0 Å². The van der Waals surface area contributed by atoms with E-state index >= 15 is 0 Å². The second-order valence-corrected chi connectivity index (χ2v) is 7.32. The Labute approximate surface area is 165 Å². The van der Waals surface area contributed by atoms with Gasteiger partial charge < -0.3 is 9.47 Å². The highest BCUT2D eigenvalue weighted by Crippen LogP contribution is 2.35. The Morgan fingerprint density at radius 2 is 0.929 bits per heavy atom. The maximum Gasteiger partial charge on any atom is 0.135 e. The van der Waals surface area contributed by atoms with Crippen LogP contribution in [0.5, 0.6) is 0 Å². The highest BCUT2D eigenvalue weighted by atomic mass is 16.5. The Balaban J connectivity index is 1.34. The summed E-state index contributed by atoms with van der Waals surface area (Å²) in [7, 11) is 0. The average molecular weight is 372 g/mol. The van der Waals surface area contributed by atoms with Gasteiger partial charge in [-0.25, -0.2) is 0 Å². The molecular weight excluding hydrogens is 348 g/mol. The highest BCUT2D eigenvalue weighted by Gasteiger charge is 2.33. The molecule has 0 saturated carbocycles. The summed E-state index contributed by atoms with van der Waals surface area (Å²) in [5.74, 6) is 0. The van der Waals surface area contributed by atoms with Crippen LogP contribution in [-0.4, -0.2) is 13.2 Å². The van der Waals surface area contributed by atoms with Crippen molar-refractivity contribution in [2.75, 3.05) is 13.2 Å². The zero-order valence-electron chi connectivity index (χ0n) is 15.6. The molecule has 2 heterocycles. The maximum absolute atomic E-state index is 6.12. The third kappa shape index (κ3) is 3.48. The molecule has 142 valence electrons. The van der Waals surface area contributed by atoms with Gasteiger partial charge in [0.05, 0.1) is 25.3 Å². The minimum atomic E-state index is -0.136. The van der Waals surface area contributed by atoms with Gasteiger partial charge in [0.1, 0.15) is 12.5 Å². The largest absolute Gasteiger partial charge is 0.357 e. The van der Waals surface area contributed by atoms with Crippen LogP contribution in [0.2, 0.25) is 0 Å². The lowest BCUT2D eigenvalue weighted by molar-refractivity contribution is 0.0826. The molecule has 5 rings (SSSR count). The molecule has 4 atom stereocenters. The van der Waals surface area contributed by atoms with Gasteiger partial charge in [-0.05, 0) is 11.1 Å². The third-order valence-corrected chi connectivity index (χ3v) is 5.53. The molecule has 2 N–H and O–H groups in total. The van der Waals surface area contributed by atoms with Gasteiger partial charge in [-0.3, -0.25) is 10.6 Å². The fourth-order valence-corrected chi connectivity index (χ4v) is 4.05. The number of rotatable bonds is 4. The summed E-state index contributed by atoms with van der Waals surface area (Å²) in [6.07, 6.45) is -0.273. The standard InChI is InChI=1S/C24H24N2O2/c1-3-9-17(10-4-1)21-15-27-23(25-21)19-13-7-8-14-20(19)24-26-22(16-28-24)18-11-5-2-6-12-18/h1-14,21-26H,15-16H2. The van der Waals surface area contributed by atoms with Gasteiger partial charge in [-0.15, -0.1) is 0 Å². The molecule has 0 amide bonds. The molecule has 4 nitrogen and oxygen atoms in total. The van der Waals surface area contributed by atoms with Gasteiger partial charge in [0.25, 0.3) is 0 Å².